The molecule has 1 heterocycles. The summed E-state index contributed by atoms with van der Waals surface area (Å²) >= 11 is 0. The summed E-state index contributed by atoms with van der Waals surface area (Å²) in [5.74, 6) is -3.34. The Hall–Kier alpha value is -4.20. The van der Waals surface area contributed by atoms with Crippen molar-refractivity contribution in [2.24, 2.45) is 0 Å². The summed E-state index contributed by atoms with van der Waals surface area (Å²) in [7, 11) is 0. The molecular weight excluding hydrogens is 492 g/mol. The Bertz CT molecular complexity index is 1340. The summed E-state index contributed by atoms with van der Waals surface area (Å²) < 4.78 is 39.0. The lowest BCUT2D eigenvalue weighted by atomic mass is 9.95. The average Bonchev–Trinajstić information content (AvgIpc) is 3.19. The normalized spacial score (nSPS) is 16.6. The minimum atomic E-state index is -1.16. The van der Waals surface area contributed by atoms with Crippen LogP contribution in [0.2, 0.25) is 0 Å². The molecule has 0 radical (unpaired) electrons. The first kappa shape index (κ1) is 26.9. The van der Waals surface area contributed by atoms with Crippen LogP contribution in [0.15, 0.2) is 72.3 Å². The van der Waals surface area contributed by atoms with Gasteiger partial charge in [-0.05, 0) is 67.4 Å². The van der Waals surface area contributed by atoms with Crippen LogP contribution < -0.4 is 14.4 Å². The van der Waals surface area contributed by atoms with Crippen LogP contribution in [-0.2, 0) is 9.59 Å². The van der Waals surface area contributed by atoms with E-state index in [9.17, 15) is 23.5 Å². The number of carbonyl (C=O) groups is 2. The van der Waals surface area contributed by atoms with Gasteiger partial charge in [0.1, 0.15) is 17.3 Å². The largest absolute Gasteiger partial charge is 0.507 e. The number of carbonyl (C=O) groups excluding carboxylic acids is 2. The first-order valence-electron chi connectivity index (χ1n) is 12.6. The maximum atomic E-state index is 14.1. The van der Waals surface area contributed by atoms with E-state index in [1.54, 1.807) is 48.5 Å². The van der Waals surface area contributed by atoms with E-state index in [4.69, 9.17) is 9.47 Å². The molecule has 3 aromatic carbocycles. The van der Waals surface area contributed by atoms with Crippen molar-refractivity contribution in [3.8, 4) is 11.5 Å². The predicted octanol–water partition coefficient (Wildman–Crippen LogP) is 6.56. The summed E-state index contributed by atoms with van der Waals surface area (Å²) in [5.41, 5.74) is 0.611. The van der Waals surface area contributed by atoms with Crippen LogP contribution in [0.4, 0.5) is 14.5 Å². The van der Waals surface area contributed by atoms with Gasteiger partial charge in [-0.25, -0.2) is 8.78 Å². The van der Waals surface area contributed by atoms with Gasteiger partial charge >= 0.3 is 0 Å². The van der Waals surface area contributed by atoms with Crippen molar-refractivity contribution in [2.45, 2.75) is 39.2 Å². The second-order valence-corrected chi connectivity index (χ2v) is 8.85. The second-order valence-electron chi connectivity index (χ2n) is 8.85. The molecule has 0 saturated carbocycles. The number of aliphatic hydroxyl groups excluding tert-OH is 1. The van der Waals surface area contributed by atoms with Crippen LogP contribution in [-0.4, -0.2) is 30.0 Å². The quantitative estimate of drug-likeness (QED) is 0.142. The number of benzene rings is 3. The van der Waals surface area contributed by atoms with Crippen LogP contribution in [0, 0.1) is 11.6 Å². The smallest absolute Gasteiger partial charge is 0.300 e. The van der Waals surface area contributed by atoms with Gasteiger partial charge < -0.3 is 14.6 Å². The highest BCUT2D eigenvalue weighted by atomic mass is 19.2. The highest BCUT2D eigenvalue weighted by Gasteiger charge is 2.47. The Kier molecular flexibility index (Phi) is 8.41. The summed E-state index contributed by atoms with van der Waals surface area (Å²) in [4.78, 5) is 27.5. The first-order valence-corrected chi connectivity index (χ1v) is 12.6. The molecule has 0 bridgehead atoms. The summed E-state index contributed by atoms with van der Waals surface area (Å²) in [6, 6.07) is 15.1. The van der Waals surface area contributed by atoms with Gasteiger partial charge in [-0.2, -0.15) is 0 Å². The third-order valence-electron chi connectivity index (χ3n) is 6.28. The molecule has 0 spiro atoms. The van der Waals surface area contributed by atoms with Crippen molar-refractivity contribution < 1.29 is 33.0 Å². The maximum Gasteiger partial charge on any atom is 0.300 e. The molecule has 4 rings (SSSR count). The maximum absolute atomic E-state index is 14.1. The Balaban J connectivity index is 1.76. The van der Waals surface area contributed by atoms with Gasteiger partial charge in [-0.1, -0.05) is 31.9 Å². The molecule has 8 heteroatoms. The molecule has 1 saturated heterocycles. The van der Waals surface area contributed by atoms with Crippen molar-refractivity contribution in [2.75, 3.05) is 18.1 Å². The fourth-order valence-electron chi connectivity index (χ4n) is 4.37. The van der Waals surface area contributed by atoms with Gasteiger partial charge in [0.2, 0.25) is 0 Å². The molecule has 0 aliphatic carbocycles. The van der Waals surface area contributed by atoms with Gasteiger partial charge in [-0.15, -0.1) is 0 Å². The van der Waals surface area contributed by atoms with E-state index < -0.39 is 29.4 Å². The van der Waals surface area contributed by atoms with Crippen molar-refractivity contribution in [3.63, 3.8) is 0 Å². The molecule has 3 aromatic rings. The Morgan fingerprint density at radius 2 is 1.53 bits per heavy atom. The lowest BCUT2D eigenvalue weighted by Crippen LogP contribution is -2.29. The van der Waals surface area contributed by atoms with Crippen molar-refractivity contribution in [3.05, 3.63) is 95.1 Å². The van der Waals surface area contributed by atoms with E-state index in [0.717, 1.165) is 36.3 Å². The molecule has 1 fully saturated rings. The number of anilines is 1. The van der Waals surface area contributed by atoms with Gasteiger partial charge in [0, 0.05) is 17.3 Å². The molecule has 198 valence electrons. The number of hydrogen-bond donors (Lipinski definition) is 1. The Morgan fingerprint density at radius 1 is 0.868 bits per heavy atom. The van der Waals surface area contributed by atoms with E-state index in [2.05, 4.69) is 6.92 Å². The fourth-order valence-corrected chi connectivity index (χ4v) is 4.37. The summed E-state index contributed by atoms with van der Waals surface area (Å²) in [6.07, 6.45) is 3.06. The van der Waals surface area contributed by atoms with E-state index in [0.29, 0.717) is 35.8 Å². The zero-order valence-corrected chi connectivity index (χ0v) is 21.2. The zero-order chi connectivity index (χ0) is 27.2. The topological polar surface area (TPSA) is 76.1 Å². The zero-order valence-electron chi connectivity index (χ0n) is 21.2. The van der Waals surface area contributed by atoms with E-state index in [1.165, 1.54) is 6.07 Å². The highest BCUT2D eigenvalue weighted by molar-refractivity contribution is 6.51. The van der Waals surface area contributed by atoms with Crippen LogP contribution in [0.25, 0.3) is 5.76 Å². The molecule has 1 N–H and O–H groups in total. The third kappa shape index (κ3) is 5.54. The minimum absolute atomic E-state index is 0.0141. The second kappa shape index (κ2) is 11.9. The number of amides is 1. The lowest BCUT2D eigenvalue weighted by Gasteiger charge is -2.25. The van der Waals surface area contributed by atoms with E-state index >= 15 is 0 Å². The molecule has 6 nitrogen and oxygen atoms in total. The standard InChI is InChI=1S/C30H29F2NO5/c1-3-5-6-17-38-23-14-9-20(10-15-23)28(34)26-27(19-7-12-22(13-8-19)37-4-2)33(30(36)29(26)35)21-11-16-24(31)25(32)18-21/h7-16,18,27,34H,3-6,17H2,1-2H3/b28-26+. The molecule has 1 aliphatic heterocycles. The number of ketones is 1. The predicted molar refractivity (Wildman–Crippen MR) is 140 cm³/mol. The van der Waals surface area contributed by atoms with Gasteiger partial charge in [0.05, 0.1) is 24.8 Å². The molecule has 0 aromatic heterocycles. The average molecular weight is 522 g/mol. The summed E-state index contributed by atoms with van der Waals surface area (Å²) in [6.45, 7) is 4.96. The Labute approximate surface area is 220 Å². The first-order chi connectivity index (χ1) is 18.3. The number of nitrogens with zero attached hydrogens (tertiary/aromatic N) is 1. The van der Waals surface area contributed by atoms with Gasteiger partial charge in [0.25, 0.3) is 11.7 Å². The molecule has 1 amide bonds. The monoisotopic (exact) mass is 521 g/mol. The van der Waals surface area contributed by atoms with Crippen molar-refractivity contribution >= 4 is 23.1 Å². The third-order valence-corrected chi connectivity index (χ3v) is 6.28. The fraction of sp³-hybridized carbons (Fsp3) is 0.267. The molecule has 1 aliphatic rings. The molecule has 38 heavy (non-hydrogen) atoms. The molecular formula is C30H29F2NO5. The summed E-state index contributed by atoms with van der Waals surface area (Å²) in [5, 5.41) is 11.3. The van der Waals surface area contributed by atoms with Gasteiger partial charge in [0.15, 0.2) is 11.6 Å². The lowest BCUT2D eigenvalue weighted by molar-refractivity contribution is -0.132. The van der Waals surface area contributed by atoms with E-state index in [1.807, 2.05) is 6.92 Å². The SMILES string of the molecule is CCCCCOc1ccc(/C(O)=C2\C(=O)C(=O)N(c3ccc(F)c(F)c3)C2c2ccc(OCC)cc2)cc1. The minimum Gasteiger partial charge on any atom is -0.507 e. The number of hydrogen-bond acceptors (Lipinski definition) is 5. The van der Waals surface area contributed by atoms with Gasteiger partial charge in [-0.3, -0.25) is 14.5 Å². The number of rotatable bonds is 10. The van der Waals surface area contributed by atoms with Crippen LogP contribution in [0.1, 0.15) is 50.3 Å². The van der Waals surface area contributed by atoms with Crippen LogP contribution >= 0.6 is 0 Å². The highest BCUT2D eigenvalue weighted by Crippen LogP contribution is 2.42. The van der Waals surface area contributed by atoms with Crippen LogP contribution in [0.5, 0.6) is 11.5 Å². The van der Waals surface area contributed by atoms with E-state index in [-0.39, 0.29) is 17.0 Å². The number of aliphatic hydroxyl groups is 1. The molecule has 1 atom stereocenters. The number of halogens is 2. The van der Waals surface area contributed by atoms with Crippen LogP contribution in [0.3, 0.4) is 0 Å². The number of Topliss-reactive ketones (excluding diaryl/α,β-unsaturated/α-hetero) is 1. The number of ether oxygens (including phenoxy) is 2. The Morgan fingerprint density at radius 3 is 2.16 bits per heavy atom. The van der Waals surface area contributed by atoms with Crippen molar-refractivity contribution in [1.29, 1.82) is 0 Å². The van der Waals surface area contributed by atoms with Crippen molar-refractivity contribution in [1.82, 2.24) is 0 Å². The molecule has 1 unspecified atom stereocenters. The number of unbranched alkanes of at least 4 members (excludes halogenated alkanes) is 2.